The van der Waals surface area contributed by atoms with Gasteiger partial charge >= 0.3 is 23.2 Å². The molecule has 2 fully saturated rings. The van der Waals surface area contributed by atoms with Gasteiger partial charge in [-0.3, -0.25) is 9.82 Å². The molecule has 4 aromatic rings. The van der Waals surface area contributed by atoms with Crippen LogP contribution in [0.15, 0.2) is 42.5 Å². The van der Waals surface area contributed by atoms with Gasteiger partial charge in [0.2, 0.25) is 0 Å². The number of hydrogen-bond donors (Lipinski definition) is 3. The Morgan fingerprint density at radius 1 is 0.852 bits per heavy atom. The topological polar surface area (TPSA) is 175 Å². The molecule has 3 N–H and O–H groups in total. The summed E-state index contributed by atoms with van der Waals surface area (Å²) in [6, 6.07) is 11.2. The average Bonchev–Trinajstić information content (AvgIpc) is 3.75. The van der Waals surface area contributed by atoms with Crippen LogP contribution < -0.4 is 17.8 Å². The summed E-state index contributed by atoms with van der Waals surface area (Å²) < 4.78 is 56.7. The van der Waals surface area contributed by atoms with Crippen LogP contribution in [-0.4, -0.2) is 58.9 Å². The third kappa shape index (κ3) is 10.3. The van der Waals surface area contributed by atoms with Gasteiger partial charge in [0.15, 0.2) is 11.5 Å². The average molecular weight is 783 g/mol. The molecule has 292 valence electrons. The predicted octanol–water partition coefficient (Wildman–Crippen LogP) is 7.06. The Kier molecular flexibility index (Phi) is 12.7. The molecule has 54 heavy (non-hydrogen) atoms. The van der Waals surface area contributed by atoms with Gasteiger partial charge in [0.25, 0.3) is 11.3 Å². The maximum Gasteiger partial charge on any atom is 0.338 e. The third-order valence-corrected chi connectivity index (χ3v) is 11.2. The Morgan fingerprint density at radius 3 is 2.06 bits per heavy atom. The monoisotopic (exact) mass is 782 g/mol. The number of aromatic amines is 1. The van der Waals surface area contributed by atoms with Crippen LogP contribution in [0.5, 0.6) is 11.5 Å². The number of H-pyrrole nitrogens is 1. The number of fused-ring (bicyclic) bond motifs is 1. The lowest BCUT2D eigenvalue weighted by Gasteiger charge is -2.23. The number of esters is 2. The molecule has 2 aliphatic rings. The van der Waals surface area contributed by atoms with E-state index >= 15 is 0 Å². The summed E-state index contributed by atoms with van der Waals surface area (Å²) in [6.07, 6.45) is 8.94. The van der Waals surface area contributed by atoms with Crippen molar-refractivity contribution in [1.82, 2.24) is 24.5 Å². The maximum absolute atomic E-state index is 13.3. The highest BCUT2D eigenvalue weighted by molar-refractivity contribution is 7.82. The van der Waals surface area contributed by atoms with Crippen molar-refractivity contribution in [3.63, 3.8) is 0 Å². The lowest BCUT2D eigenvalue weighted by molar-refractivity contribution is 0.0209. The van der Waals surface area contributed by atoms with E-state index in [4.69, 9.17) is 17.8 Å². The number of anilines is 1. The van der Waals surface area contributed by atoms with E-state index in [1.54, 1.807) is 25.1 Å². The number of hydrogen-bond acceptors (Lipinski definition) is 10. The number of carbonyl (C=O) groups excluding carboxylic acids is 2. The van der Waals surface area contributed by atoms with Crippen LogP contribution in [0.3, 0.4) is 0 Å². The summed E-state index contributed by atoms with van der Waals surface area (Å²) in [5, 5.41) is 11.9. The van der Waals surface area contributed by atoms with E-state index in [-0.39, 0.29) is 47.0 Å². The first kappa shape index (κ1) is 39.4. The van der Waals surface area contributed by atoms with E-state index in [1.165, 1.54) is 18.2 Å². The first-order valence-electron chi connectivity index (χ1n) is 18.6. The van der Waals surface area contributed by atoms with Gasteiger partial charge in [0.05, 0.1) is 16.8 Å². The summed E-state index contributed by atoms with van der Waals surface area (Å²) >= 11 is -4.09. The van der Waals surface area contributed by atoms with Gasteiger partial charge in [-0.2, -0.15) is 8.42 Å². The molecule has 6 rings (SSSR count). The number of nitrogens with zero attached hydrogens (tertiary/aromatic N) is 3. The minimum Gasteiger partial charge on any atom is -0.459 e. The fourth-order valence-electron chi connectivity index (χ4n) is 6.54. The van der Waals surface area contributed by atoms with Gasteiger partial charge in [0.1, 0.15) is 23.7 Å². The minimum absolute atomic E-state index is 0.0245. The van der Waals surface area contributed by atoms with Crippen molar-refractivity contribution in [3.05, 3.63) is 70.7 Å². The second-order valence-electron chi connectivity index (χ2n) is 15.2. The first-order valence-corrected chi connectivity index (χ1v) is 20.8. The largest absolute Gasteiger partial charge is 0.459 e. The highest BCUT2D eigenvalue weighted by atomic mass is 32.2. The van der Waals surface area contributed by atoms with Crippen LogP contribution in [0.2, 0.25) is 0 Å². The highest BCUT2D eigenvalue weighted by Crippen LogP contribution is 2.28. The number of benzene rings is 2. The molecule has 16 heteroatoms. The molecule has 0 aliphatic heterocycles. The molecule has 0 bridgehead atoms. The molecule has 2 saturated carbocycles. The lowest BCUT2D eigenvalue weighted by Crippen LogP contribution is -2.27. The van der Waals surface area contributed by atoms with Gasteiger partial charge in [-0.25, -0.2) is 18.8 Å². The van der Waals surface area contributed by atoms with Crippen LogP contribution in [0, 0.1) is 6.92 Å². The van der Waals surface area contributed by atoms with Crippen molar-refractivity contribution in [1.29, 1.82) is 0 Å². The second kappa shape index (κ2) is 17.5. The Bertz CT molecular complexity index is 1940. The molecule has 3 atom stereocenters. The van der Waals surface area contributed by atoms with Gasteiger partial charge in [0, 0.05) is 35.7 Å². The van der Waals surface area contributed by atoms with Gasteiger partial charge in [-0.1, -0.05) is 46.6 Å². The Labute approximate surface area is 321 Å². The zero-order valence-electron chi connectivity index (χ0n) is 31.5. The summed E-state index contributed by atoms with van der Waals surface area (Å²) in [5.74, 6) is -0.313. The number of carbonyl (C=O) groups is 2. The standard InChI is InChI=1S/C38H50N6O8S2/c1-24-16-17-28(21-32(24)52-53(47)39-23-25(2)35-41-40-34-22-33(38(3,4)5)42-44(34)35)43-54(48)51-31-19-26(36(45)49-29-12-8-6-9-13-29)18-27(20-31)37(46)50-30-14-10-7-11-15-30/h16-22,25,29-30,39,42-43H,6-15,23H2,1-5H3. The van der Waals surface area contributed by atoms with Crippen molar-refractivity contribution < 1.29 is 35.8 Å². The van der Waals surface area contributed by atoms with Crippen LogP contribution in [-0.2, 0) is 37.4 Å². The van der Waals surface area contributed by atoms with Crippen LogP contribution in [0.4, 0.5) is 5.69 Å². The molecule has 2 aromatic carbocycles. The second-order valence-corrected chi connectivity index (χ2v) is 17.0. The van der Waals surface area contributed by atoms with Crippen molar-refractivity contribution in [2.24, 2.45) is 0 Å². The van der Waals surface area contributed by atoms with Crippen molar-refractivity contribution in [3.8, 4) is 11.5 Å². The fourth-order valence-corrected chi connectivity index (χ4v) is 7.96. The van der Waals surface area contributed by atoms with Gasteiger partial charge in [-0.15, -0.1) is 10.2 Å². The highest BCUT2D eigenvalue weighted by Gasteiger charge is 2.25. The van der Waals surface area contributed by atoms with Crippen LogP contribution >= 0.6 is 0 Å². The quantitative estimate of drug-likeness (QED) is 0.112. The normalized spacial score (nSPS) is 17.4. The molecule has 2 aromatic heterocycles. The molecule has 3 unspecified atom stereocenters. The first-order chi connectivity index (χ1) is 25.8. The Hall–Kier alpha value is -4.28. The molecule has 0 amide bonds. The predicted molar refractivity (Wildman–Crippen MR) is 206 cm³/mol. The summed E-state index contributed by atoms with van der Waals surface area (Å²) in [7, 11) is 0. The van der Waals surface area contributed by atoms with Crippen LogP contribution in [0.25, 0.3) is 5.65 Å². The van der Waals surface area contributed by atoms with E-state index in [0.29, 0.717) is 28.5 Å². The van der Waals surface area contributed by atoms with E-state index < -0.39 is 34.5 Å². The summed E-state index contributed by atoms with van der Waals surface area (Å²) in [4.78, 5) is 26.4. The number of nitrogens with one attached hydrogen (secondary N) is 3. The van der Waals surface area contributed by atoms with Gasteiger partial charge < -0.3 is 17.8 Å². The minimum atomic E-state index is -2.17. The summed E-state index contributed by atoms with van der Waals surface area (Å²) in [5.41, 5.74) is 2.92. The molecular weight excluding hydrogens is 733 g/mol. The molecule has 0 spiro atoms. The SMILES string of the molecule is Cc1ccc(NS(=O)Oc2cc(C(=O)OC3CCCCC3)cc(C(=O)OC3CCCCC3)c2)cc1OS(=O)NCC(C)c1nnc2cc(C(C)(C)C)[nH]n12. The molecular formula is C38H50N6O8S2. The molecule has 2 aliphatic carbocycles. The molecule has 14 nitrogen and oxygen atoms in total. The number of aryl methyl sites for hydroxylation is 1. The number of ether oxygens (including phenoxy) is 2. The lowest BCUT2D eigenvalue weighted by atomic mass is 9.93. The van der Waals surface area contributed by atoms with Crippen molar-refractivity contribution >= 4 is 45.8 Å². The Morgan fingerprint density at radius 2 is 1.46 bits per heavy atom. The molecule has 0 radical (unpaired) electrons. The zero-order valence-corrected chi connectivity index (χ0v) is 33.1. The van der Waals surface area contributed by atoms with Gasteiger partial charge in [-0.05, 0) is 88.1 Å². The molecule has 0 saturated heterocycles. The van der Waals surface area contributed by atoms with E-state index in [9.17, 15) is 18.0 Å². The molecule has 2 heterocycles. The van der Waals surface area contributed by atoms with E-state index in [2.05, 4.69) is 45.5 Å². The fraction of sp³-hybridized carbons (Fsp3) is 0.526. The number of rotatable bonds is 14. The van der Waals surface area contributed by atoms with Crippen molar-refractivity contribution in [2.45, 2.75) is 122 Å². The third-order valence-electron chi connectivity index (χ3n) is 9.73. The smallest absolute Gasteiger partial charge is 0.338 e. The van der Waals surface area contributed by atoms with Crippen LogP contribution in [0.1, 0.15) is 136 Å². The number of aromatic nitrogens is 4. The summed E-state index contributed by atoms with van der Waals surface area (Å²) in [6.45, 7) is 10.4. The maximum atomic E-state index is 13.3. The van der Waals surface area contributed by atoms with E-state index in [0.717, 1.165) is 69.9 Å². The van der Waals surface area contributed by atoms with Crippen molar-refractivity contribution in [2.75, 3.05) is 11.3 Å². The zero-order chi connectivity index (χ0) is 38.4. The van der Waals surface area contributed by atoms with E-state index in [1.807, 2.05) is 17.5 Å². The Balaban J connectivity index is 1.09.